The third-order valence-electron chi connectivity index (χ3n) is 4.68. The van der Waals surface area contributed by atoms with Crippen molar-refractivity contribution < 1.29 is 22.7 Å². The summed E-state index contributed by atoms with van der Waals surface area (Å²) in [5, 5.41) is 2.76. The number of carbonyl (C=O) groups excluding carboxylic acids is 1. The Kier molecular flexibility index (Phi) is 6.02. The van der Waals surface area contributed by atoms with E-state index in [1.54, 1.807) is 12.1 Å². The molecule has 1 atom stereocenters. The fraction of sp³-hybridized carbons (Fsp3) is 0.381. The number of rotatable bonds is 6. The molecule has 3 rings (SSSR count). The van der Waals surface area contributed by atoms with Crippen molar-refractivity contribution in [2.75, 3.05) is 30.3 Å². The summed E-state index contributed by atoms with van der Waals surface area (Å²) in [6.45, 7) is 6.33. The van der Waals surface area contributed by atoms with E-state index in [0.717, 1.165) is 28.7 Å². The number of aryl methyl sites for hydroxylation is 3. The van der Waals surface area contributed by atoms with E-state index < -0.39 is 16.1 Å². The van der Waals surface area contributed by atoms with Gasteiger partial charge in [0.15, 0.2) is 6.10 Å². The second-order valence-corrected chi connectivity index (χ2v) is 9.19. The van der Waals surface area contributed by atoms with Gasteiger partial charge in [-0.15, -0.1) is 0 Å². The molecule has 0 aliphatic carbocycles. The zero-order valence-electron chi connectivity index (χ0n) is 17.1. The minimum atomic E-state index is -3.54. The number of nitrogens with zero attached hydrogens (tertiary/aromatic N) is 1. The highest BCUT2D eigenvalue weighted by Gasteiger charge is 2.34. The molecule has 1 heterocycles. The van der Waals surface area contributed by atoms with Gasteiger partial charge in [0, 0.05) is 0 Å². The van der Waals surface area contributed by atoms with Crippen LogP contribution >= 0.6 is 0 Å². The highest BCUT2D eigenvalue weighted by Crippen LogP contribution is 2.35. The number of amides is 1. The Labute approximate surface area is 171 Å². The maximum atomic E-state index is 12.6. The van der Waals surface area contributed by atoms with Gasteiger partial charge < -0.3 is 14.8 Å². The molecule has 0 bridgehead atoms. The predicted molar refractivity (Wildman–Crippen MR) is 112 cm³/mol. The number of hydrogen-bond acceptors (Lipinski definition) is 5. The maximum absolute atomic E-state index is 12.6. The third kappa shape index (κ3) is 5.00. The van der Waals surface area contributed by atoms with E-state index in [1.165, 1.54) is 4.31 Å². The first-order valence-corrected chi connectivity index (χ1v) is 11.2. The SMILES string of the molecule is Cc1ccc(C)c(OCCNC(=O)[C@@H]2CN(S(C)(=O)=O)c3cc(C)ccc3O2)c1. The molecule has 0 saturated carbocycles. The quantitative estimate of drug-likeness (QED) is 0.728. The molecule has 8 heteroatoms. The molecule has 1 aliphatic heterocycles. The summed E-state index contributed by atoms with van der Waals surface area (Å²) in [6, 6.07) is 11.2. The van der Waals surface area contributed by atoms with Crippen LogP contribution in [0.15, 0.2) is 36.4 Å². The Morgan fingerprint density at radius 3 is 2.59 bits per heavy atom. The minimum absolute atomic E-state index is 0.0705. The summed E-state index contributed by atoms with van der Waals surface area (Å²) in [5.41, 5.74) is 3.48. The molecule has 0 radical (unpaired) electrons. The molecule has 156 valence electrons. The second-order valence-electron chi connectivity index (χ2n) is 7.28. The first-order valence-electron chi connectivity index (χ1n) is 9.38. The molecule has 0 aromatic heterocycles. The first-order chi connectivity index (χ1) is 13.6. The zero-order valence-corrected chi connectivity index (χ0v) is 17.9. The van der Waals surface area contributed by atoms with Crippen molar-refractivity contribution >= 4 is 21.6 Å². The first kappa shape index (κ1) is 21.0. The van der Waals surface area contributed by atoms with Crippen LogP contribution in [-0.2, 0) is 14.8 Å². The molecule has 2 aromatic carbocycles. The van der Waals surface area contributed by atoms with Crippen LogP contribution in [0, 0.1) is 20.8 Å². The van der Waals surface area contributed by atoms with Crippen molar-refractivity contribution in [3.8, 4) is 11.5 Å². The largest absolute Gasteiger partial charge is 0.491 e. The average Bonchev–Trinajstić information content (AvgIpc) is 2.66. The van der Waals surface area contributed by atoms with Crippen LogP contribution in [0.25, 0.3) is 0 Å². The summed E-state index contributed by atoms with van der Waals surface area (Å²) in [5.74, 6) is 0.772. The van der Waals surface area contributed by atoms with Gasteiger partial charge in [0.05, 0.1) is 25.0 Å². The van der Waals surface area contributed by atoms with Gasteiger partial charge in [-0.1, -0.05) is 18.2 Å². The molecule has 0 saturated heterocycles. The van der Waals surface area contributed by atoms with Crippen LogP contribution in [0.4, 0.5) is 5.69 Å². The Bertz CT molecular complexity index is 1020. The normalized spacial score (nSPS) is 16.0. The Morgan fingerprint density at radius 2 is 1.86 bits per heavy atom. The van der Waals surface area contributed by atoms with Crippen LogP contribution in [-0.4, -0.2) is 46.4 Å². The van der Waals surface area contributed by atoms with E-state index in [-0.39, 0.29) is 19.0 Å². The highest BCUT2D eigenvalue weighted by molar-refractivity contribution is 7.92. The Balaban J connectivity index is 1.62. The van der Waals surface area contributed by atoms with Crippen molar-refractivity contribution in [1.82, 2.24) is 5.32 Å². The highest BCUT2D eigenvalue weighted by atomic mass is 32.2. The van der Waals surface area contributed by atoms with Gasteiger partial charge >= 0.3 is 0 Å². The van der Waals surface area contributed by atoms with Crippen molar-refractivity contribution in [2.24, 2.45) is 0 Å². The molecular weight excluding hydrogens is 392 g/mol. The number of anilines is 1. The molecular formula is C21H26N2O5S. The van der Waals surface area contributed by atoms with Crippen LogP contribution in [0.5, 0.6) is 11.5 Å². The molecule has 1 aliphatic rings. The molecule has 0 unspecified atom stereocenters. The second kappa shape index (κ2) is 8.32. The topological polar surface area (TPSA) is 84.9 Å². The van der Waals surface area contributed by atoms with Crippen molar-refractivity contribution in [2.45, 2.75) is 26.9 Å². The zero-order chi connectivity index (χ0) is 21.2. The molecule has 0 spiro atoms. The average molecular weight is 419 g/mol. The van der Waals surface area contributed by atoms with E-state index >= 15 is 0 Å². The summed E-state index contributed by atoms with van der Waals surface area (Å²) in [6.07, 6.45) is 0.192. The van der Waals surface area contributed by atoms with Crippen molar-refractivity contribution in [3.63, 3.8) is 0 Å². The smallest absolute Gasteiger partial charge is 0.263 e. The van der Waals surface area contributed by atoms with Gasteiger partial charge in [-0.25, -0.2) is 8.42 Å². The lowest BCUT2D eigenvalue weighted by Gasteiger charge is -2.34. The van der Waals surface area contributed by atoms with Crippen LogP contribution in [0.2, 0.25) is 0 Å². The van der Waals surface area contributed by atoms with E-state index in [1.807, 2.05) is 45.0 Å². The lowest BCUT2D eigenvalue weighted by Crippen LogP contribution is -2.51. The van der Waals surface area contributed by atoms with Crippen molar-refractivity contribution in [3.05, 3.63) is 53.1 Å². The lowest BCUT2D eigenvalue weighted by atomic mass is 10.1. The van der Waals surface area contributed by atoms with Crippen LogP contribution < -0.4 is 19.1 Å². The lowest BCUT2D eigenvalue weighted by molar-refractivity contribution is -0.127. The number of carbonyl (C=O) groups is 1. The molecule has 7 nitrogen and oxygen atoms in total. The van der Waals surface area contributed by atoms with Crippen LogP contribution in [0.1, 0.15) is 16.7 Å². The summed E-state index contributed by atoms with van der Waals surface area (Å²) in [7, 11) is -3.54. The maximum Gasteiger partial charge on any atom is 0.263 e. The molecule has 0 fully saturated rings. The van der Waals surface area contributed by atoms with Gasteiger partial charge in [-0.3, -0.25) is 9.10 Å². The standard InChI is InChI=1S/C21H26N2O5S/c1-14-6-8-18-17(11-14)23(29(4,25)26)13-20(28-18)21(24)22-9-10-27-19-12-15(2)5-7-16(19)3/h5-8,11-12,20H,9-10,13H2,1-4H3,(H,22,24)/t20-/m0/s1. The number of nitrogens with one attached hydrogen (secondary N) is 1. The van der Waals surface area contributed by atoms with E-state index in [0.29, 0.717) is 18.0 Å². The molecule has 1 amide bonds. The van der Waals surface area contributed by atoms with E-state index in [4.69, 9.17) is 9.47 Å². The Morgan fingerprint density at radius 1 is 1.17 bits per heavy atom. The van der Waals surface area contributed by atoms with Gasteiger partial charge in [0.1, 0.15) is 18.1 Å². The van der Waals surface area contributed by atoms with E-state index in [9.17, 15) is 13.2 Å². The van der Waals surface area contributed by atoms with E-state index in [2.05, 4.69) is 5.32 Å². The number of ether oxygens (including phenoxy) is 2. The summed E-state index contributed by atoms with van der Waals surface area (Å²) < 4.78 is 37.2. The number of fused-ring (bicyclic) bond motifs is 1. The Hall–Kier alpha value is -2.74. The number of hydrogen-bond donors (Lipinski definition) is 1. The summed E-state index contributed by atoms with van der Waals surface area (Å²) >= 11 is 0. The number of sulfonamides is 1. The number of benzene rings is 2. The fourth-order valence-corrected chi connectivity index (χ4v) is 4.03. The molecule has 2 aromatic rings. The van der Waals surface area contributed by atoms with Gasteiger partial charge in [0.2, 0.25) is 10.0 Å². The third-order valence-corrected chi connectivity index (χ3v) is 5.83. The molecule has 1 N–H and O–H groups in total. The van der Waals surface area contributed by atoms with Gasteiger partial charge in [0.25, 0.3) is 5.91 Å². The monoisotopic (exact) mass is 418 g/mol. The van der Waals surface area contributed by atoms with Gasteiger partial charge in [-0.2, -0.15) is 0 Å². The minimum Gasteiger partial charge on any atom is -0.491 e. The molecule has 29 heavy (non-hydrogen) atoms. The van der Waals surface area contributed by atoms with Crippen LogP contribution in [0.3, 0.4) is 0 Å². The predicted octanol–water partition coefficient (Wildman–Crippen LogP) is 2.33. The van der Waals surface area contributed by atoms with Gasteiger partial charge in [-0.05, 0) is 55.7 Å². The fourth-order valence-electron chi connectivity index (χ4n) is 3.12. The summed E-state index contributed by atoms with van der Waals surface area (Å²) in [4.78, 5) is 12.6. The van der Waals surface area contributed by atoms with Crippen molar-refractivity contribution in [1.29, 1.82) is 0 Å².